The Morgan fingerprint density at radius 2 is 2.31 bits per heavy atom. The van der Waals surface area contributed by atoms with Gasteiger partial charge in [-0.15, -0.1) is 0 Å². The van der Waals surface area contributed by atoms with Crippen LogP contribution in [0.15, 0.2) is 16.8 Å². The van der Waals surface area contributed by atoms with Crippen LogP contribution in [0.5, 0.6) is 0 Å². The van der Waals surface area contributed by atoms with Crippen molar-refractivity contribution >= 4 is 11.3 Å². The molecule has 0 aliphatic carbocycles. The van der Waals surface area contributed by atoms with Crippen LogP contribution in [-0.4, -0.2) is 35.2 Å². The highest BCUT2D eigenvalue weighted by Crippen LogP contribution is 2.27. The minimum absolute atomic E-state index is 0.467. The summed E-state index contributed by atoms with van der Waals surface area (Å²) in [6.07, 6.45) is 3.80. The van der Waals surface area contributed by atoms with E-state index in [1.807, 2.05) is 0 Å². The fourth-order valence-electron chi connectivity index (χ4n) is 2.50. The quantitative estimate of drug-likeness (QED) is 0.876. The van der Waals surface area contributed by atoms with Gasteiger partial charge in [-0.1, -0.05) is 6.92 Å². The van der Waals surface area contributed by atoms with E-state index in [0.29, 0.717) is 0 Å². The molecule has 1 aliphatic heterocycles. The van der Waals surface area contributed by atoms with Crippen LogP contribution < -0.4 is 0 Å². The fraction of sp³-hybridized carbons (Fsp3) is 0.692. The molecule has 0 saturated carbocycles. The van der Waals surface area contributed by atoms with Gasteiger partial charge in [-0.05, 0) is 54.7 Å². The highest BCUT2D eigenvalue weighted by Gasteiger charge is 2.29. The molecule has 2 nitrogen and oxygen atoms in total. The predicted molar refractivity (Wildman–Crippen MR) is 68.9 cm³/mol. The van der Waals surface area contributed by atoms with Crippen LogP contribution >= 0.6 is 11.3 Å². The number of hydrogen-bond acceptors (Lipinski definition) is 3. The van der Waals surface area contributed by atoms with Crippen molar-refractivity contribution < 1.29 is 5.11 Å². The van der Waals surface area contributed by atoms with Crippen molar-refractivity contribution in [3.63, 3.8) is 0 Å². The van der Waals surface area contributed by atoms with Crippen LogP contribution in [0.4, 0.5) is 0 Å². The molecule has 1 N–H and O–H groups in total. The second-order valence-corrected chi connectivity index (χ2v) is 5.60. The zero-order valence-electron chi connectivity index (χ0n) is 9.98. The van der Waals surface area contributed by atoms with E-state index in [1.54, 1.807) is 11.3 Å². The molecule has 2 heterocycles. The molecule has 0 radical (unpaired) electrons. The van der Waals surface area contributed by atoms with Gasteiger partial charge >= 0.3 is 0 Å². The van der Waals surface area contributed by atoms with Gasteiger partial charge in [0.2, 0.25) is 0 Å². The first-order valence-electron chi connectivity index (χ1n) is 6.18. The molecule has 0 bridgehead atoms. The number of thiophene rings is 1. The Labute approximate surface area is 102 Å². The van der Waals surface area contributed by atoms with Crippen LogP contribution in [0.1, 0.15) is 31.7 Å². The first-order valence-corrected chi connectivity index (χ1v) is 7.12. The number of rotatable bonds is 3. The molecular weight excluding hydrogens is 218 g/mol. The second kappa shape index (κ2) is 5.30. The lowest BCUT2D eigenvalue weighted by atomic mass is 9.89. The van der Waals surface area contributed by atoms with Crippen molar-refractivity contribution in [1.29, 1.82) is 0 Å². The van der Waals surface area contributed by atoms with Gasteiger partial charge in [0.25, 0.3) is 0 Å². The predicted octanol–water partition coefficient (Wildman–Crippen LogP) is 2.53. The van der Waals surface area contributed by atoms with Gasteiger partial charge in [0.05, 0.1) is 5.60 Å². The molecule has 90 valence electrons. The van der Waals surface area contributed by atoms with Gasteiger partial charge in [0, 0.05) is 13.0 Å². The summed E-state index contributed by atoms with van der Waals surface area (Å²) in [6.45, 7) is 5.48. The molecule has 1 saturated heterocycles. The van der Waals surface area contributed by atoms with Gasteiger partial charge in [0.1, 0.15) is 0 Å². The maximum atomic E-state index is 10.6. The lowest BCUT2D eigenvalue weighted by Crippen LogP contribution is -2.33. The zero-order valence-corrected chi connectivity index (χ0v) is 10.8. The molecule has 1 aromatic heterocycles. The molecule has 1 aromatic rings. The Balaban J connectivity index is 1.96. The minimum Gasteiger partial charge on any atom is -0.389 e. The maximum absolute atomic E-state index is 10.6. The Morgan fingerprint density at radius 1 is 1.44 bits per heavy atom. The summed E-state index contributed by atoms with van der Waals surface area (Å²) in [7, 11) is 0. The van der Waals surface area contributed by atoms with Gasteiger partial charge in [-0.3, -0.25) is 0 Å². The molecule has 3 heteroatoms. The number of likely N-dealkylation sites (tertiary alicyclic amines) is 1. The Morgan fingerprint density at radius 3 is 3.00 bits per heavy atom. The third-order valence-electron chi connectivity index (χ3n) is 3.57. The molecule has 1 atom stereocenters. The van der Waals surface area contributed by atoms with Crippen LogP contribution in [0.3, 0.4) is 0 Å². The lowest BCUT2D eigenvalue weighted by molar-refractivity contribution is 0.0259. The minimum atomic E-state index is -0.467. The molecule has 0 spiro atoms. The second-order valence-electron chi connectivity index (χ2n) is 4.82. The van der Waals surface area contributed by atoms with Crippen molar-refractivity contribution in [2.24, 2.45) is 0 Å². The van der Waals surface area contributed by atoms with Gasteiger partial charge in [-0.2, -0.15) is 11.3 Å². The Bertz CT molecular complexity index is 312. The van der Waals surface area contributed by atoms with Gasteiger partial charge < -0.3 is 10.0 Å². The van der Waals surface area contributed by atoms with Crippen LogP contribution in [0.2, 0.25) is 0 Å². The SMILES string of the molecule is CCN1CCCC(O)(Cc2ccsc2)CC1. The van der Waals surface area contributed by atoms with Crippen molar-refractivity contribution in [2.75, 3.05) is 19.6 Å². The smallest absolute Gasteiger partial charge is 0.0700 e. The summed E-state index contributed by atoms with van der Waals surface area (Å²) in [4.78, 5) is 2.44. The van der Waals surface area contributed by atoms with E-state index in [-0.39, 0.29) is 0 Å². The first kappa shape index (κ1) is 12.1. The third kappa shape index (κ3) is 3.06. The summed E-state index contributed by atoms with van der Waals surface area (Å²) in [5, 5.41) is 14.9. The zero-order chi connectivity index (χ0) is 11.4. The molecule has 0 aromatic carbocycles. The van der Waals surface area contributed by atoms with Crippen LogP contribution in [0.25, 0.3) is 0 Å². The van der Waals surface area contributed by atoms with Crippen molar-refractivity contribution in [3.8, 4) is 0 Å². The summed E-state index contributed by atoms with van der Waals surface area (Å²) in [5.41, 5.74) is 0.822. The van der Waals surface area contributed by atoms with Gasteiger partial charge in [-0.25, -0.2) is 0 Å². The Kier molecular flexibility index (Phi) is 4.00. The molecule has 1 aliphatic rings. The summed E-state index contributed by atoms with van der Waals surface area (Å²) in [5.74, 6) is 0. The highest BCUT2D eigenvalue weighted by atomic mass is 32.1. The van der Waals surface area contributed by atoms with Crippen LogP contribution in [0, 0.1) is 0 Å². The van der Waals surface area contributed by atoms with Gasteiger partial charge in [0.15, 0.2) is 0 Å². The lowest BCUT2D eigenvalue weighted by Gasteiger charge is -2.26. The number of nitrogens with zero attached hydrogens (tertiary/aromatic N) is 1. The monoisotopic (exact) mass is 239 g/mol. The largest absolute Gasteiger partial charge is 0.389 e. The standard InChI is InChI=1S/C13H21NOS/c1-2-14-7-3-5-13(15,6-8-14)10-12-4-9-16-11-12/h4,9,11,15H,2-3,5-8,10H2,1H3. The fourth-order valence-corrected chi connectivity index (χ4v) is 3.17. The van der Waals surface area contributed by atoms with Crippen molar-refractivity contribution in [3.05, 3.63) is 22.4 Å². The summed E-state index contributed by atoms with van der Waals surface area (Å²) < 4.78 is 0. The molecule has 1 unspecified atom stereocenters. The number of aliphatic hydroxyl groups is 1. The van der Waals surface area contributed by atoms with E-state index in [4.69, 9.17) is 0 Å². The number of hydrogen-bond donors (Lipinski definition) is 1. The van der Waals surface area contributed by atoms with Crippen molar-refractivity contribution in [1.82, 2.24) is 4.90 Å². The maximum Gasteiger partial charge on any atom is 0.0700 e. The van der Waals surface area contributed by atoms with Crippen LogP contribution in [-0.2, 0) is 6.42 Å². The normalized spacial score (nSPS) is 27.9. The average Bonchev–Trinajstić information content (AvgIpc) is 2.68. The summed E-state index contributed by atoms with van der Waals surface area (Å²) >= 11 is 1.72. The topological polar surface area (TPSA) is 23.5 Å². The molecule has 16 heavy (non-hydrogen) atoms. The van der Waals surface area contributed by atoms with E-state index < -0.39 is 5.60 Å². The van der Waals surface area contributed by atoms with E-state index in [2.05, 4.69) is 28.7 Å². The first-order chi connectivity index (χ1) is 7.72. The van der Waals surface area contributed by atoms with E-state index >= 15 is 0 Å². The van der Waals surface area contributed by atoms with Crippen molar-refractivity contribution in [2.45, 2.75) is 38.2 Å². The van der Waals surface area contributed by atoms with E-state index in [0.717, 1.165) is 45.3 Å². The highest BCUT2D eigenvalue weighted by molar-refractivity contribution is 7.07. The van der Waals surface area contributed by atoms with E-state index in [9.17, 15) is 5.11 Å². The Hall–Kier alpha value is -0.380. The molecule has 1 fully saturated rings. The summed E-state index contributed by atoms with van der Waals surface area (Å²) in [6, 6.07) is 2.13. The molecule has 2 rings (SSSR count). The molecular formula is C13H21NOS. The van der Waals surface area contributed by atoms with E-state index in [1.165, 1.54) is 5.56 Å². The average molecular weight is 239 g/mol. The molecule has 0 amide bonds. The third-order valence-corrected chi connectivity index (χ3v) is 4.30.